The summed E-state index contributed by atoms with van der Waals surface area (Å²) in [7, 11) is 0. The van der Waals surface area contributed by atoms with Gasteiger partial charge in [0.15, 0.2) is 0 Å². The summed E-state index contributed by atoms with van der Waals surface area (Å²) in [6.45, 7) is 8.80. The Labute approximate surface area is 108 Å². The molecule has 1 saturated heterocycles. The number of hydrogen-bond acceptors (Lipinski definition) is 3. The molecule has 5 nitrogen and oxygen atoms in total. The van der Waals surface area contributed by atoms with Crippen LogP contribution in [0.1, 0.15) is 13.8 Å². The van der Waals surface area contributed by atoms with E-state index in [0.29, 0.717) is 11.7 Å². The van der Waals surface area contributed by atoms with E-state index in [1.807, 2.05) is 24.3 Å². The summed E-state index contributed by atoms with van der Waals surface area (Å²) in [5.74, 6) is 0. The molecule has 1 aromatic rings. The highest BCUT2D eigenvalue weighted by atomic mass is 15.3. The molecule has 1 aliphatic rings. The van der Waals surface area contributed by atoms with Crippen molar-refractivity contribution in [2.75, 3.05) is 31.1 Å². The van der Waals surface area contributed by atoms with Gasteiger partial charge in [0.25, 0.3) is 0 Å². The van der Waals surface area contributed by atoms with Crippen LogP contribution >= 0.6 is 0 Å². The first-order chi connectivity index (χ1) is 8.70. The highest BCUT2D eigenvalue weighted by molar-refractivity contribution is 5.53. The average molecular weight is 245 g/mol. The summed E-state index contributed by atoms with van der Waals surface area (Å²) in [4.78, 5) is 7.65. The van der Waals surface area contributed by atoms with Crippen LogP contribution in [0.4, 0.5) is 11.4 Å². The van der Waals surface area contributed by atoms with Crippen LogP contribution in [0.25, 0.3) is 10.4 Å². The summed E-state index contributed by atoms with van der Waals surface area (Å²) >= 11 is 0. The fraction of sp³-hybridized carbons (Fsp3) is 0.538. The summed E-state index contributed by atoms with van der Waals surface area (Å²) in [5.41, 5.74) is 10.2. The Kier molecular flexibility index (Phi) is 4.07. The van der Waals surface area contributed by atoms with Gasteiger partial charge in [-0.25, -0.2) is 0 Å². The molecule has 0 spiro atoms. The smallest absolute Gasteiger partial charge is 0.0376 e. The Morgan fingerprint density at radius 3 is 2.22 bits per heavy atom. The molecule has 1 aliphatic heterocycles. The molecule has 2 rings (SSSR count). The van der Waals surface area contributed by atoms with Gasteiger partial charge in [-0.3, -0.25) is 4.90 Å². The highest BCUT2D eigenvalue weighted by Gasteiger charge is 2.18. The quantitative estimate of drug-likeness (QED) is 0.466. The van der Waals surface area contributed by atoms with E-state index in [1.54, 1.807) is 0 Å². The van der Waals surface area contributed by atoms with E-state index in [2.05, 4.69) is 33.7 Å². The Balaban J connectivity index is 1.99. The van der Waals surface area contributed by atoms with Crippen molar-refractivity contribution in [1.82, 2.24) is 4.90 Å². The number of hydrogen-bond donors (Lipinski definition) is 0. The molecule has 0 radical (unpaired) electrons. The Hall–Kier alpha value is -1.71. The maximum Gasteiger partial charge on any atom is 0.0376 e. The predicted octanol–water partition coefficient (Wildman–Crippen LogP) is 3.16. The molecule has 5 heteroatoms. The molecule has 0 aliphatic carbocycles. The monoisotopic (exact) mass is 245 g/mol. The minimum absolute atomic E-state index is 0.625. The first-order valence-electron chi connectivity index (χ1n) is 6.35. The molecule has 0 unspecified atom stereocenters. The molecule has 96 valence electrons. The Morgan fingerprint density at radius 1 is 1.11 bits per heavy atom. The number of nitrogens with zero attached hydrogens (tertiary/aromatic N) is 5. The zero-order valence-corrected chi connectivity index (χ0v) is 11.0. The zero-order chi connectivity index (χ0) is 13.0. The number of piperazine rings is 1. The lowest BCUT2D eigenvalue weighted by atomic mass is 10.2. The normalized spacial score (nSPS) is 16.7. The first-order valence-corrected chi connectivity index (χ1v) is 6.35. The number of azide groups is 1. The van der Waals surface area contributed by atoms with Gasteiger partial charge >= 0.3 is 0 Å². The van der Waals surface area contributed by atoms with Crippen molar-refractivity contribution in [2.45, 2.75) is 19.9 Å². The van der Waals surface area contributed by atoms with E-state index in [4.69, 9.17) is 5.53 Å². The van der Waals surface area contributed by atoms with Crippen LogP contribution in [0.15, 0.2) is 29.4 Å². The molecule has 1 heterocycles. The van der Waals surface area contributed by atoms with Gasteiger partial charge in [0.05, 0.1) is 0 Å². The van der Waals surface area contributed by atoms with Crippen LogP contribution in [0, 0.1) is 0 Å². The van der Waals surface area contributed by atoms with Crippen molar-refractivity contribution < 1.29 is 0 Å². The van der Waals surface area contributed by atoms with E-state index in [9.17, 15) is 0 Å². The summed E-state index contributed by atoms with van der Waals surface area (Å²) in [6, 6.07) is 8.40. The third kappa shape index (κ3) is 2.94. The lowest BCUT2D eigenvalue weighted by Crippen LogP contribution is -2.48. The molecule has 0 bridgehead atoms. The van der Waals surface area contributed by atoms with Crippen molar-refractivity contribution in [2.24, 2.45) is 5.11 Å². The van der Waals surface area contributed by atoms with Crippen molar-refractivity contribution in [3.63, 3.8) is 0 Å². The van der Waals surface area contributed by atoms with E-state index >= 15 is 0 Å². The lowest BCUT2D eigenvalue weighted by molar-refractivity contribution is 0.209. The van der Waals surface area contributed by atoms with Crippen molar-refractivity contribution >= 4 is 11.4 Å². The minimum Gasteiger partial charge on any atom is -0.369 e. The highest BCUT2D eigenvalue weighted by Crippen LogP contribution is 2.21. The molecule has 18 heavy (non-hydrogen) atoms. The van der Waals surface area contributed by atoms with Gasteiger partial charge in [-0.15, -0.1) is 0 Å². The zero-order valence-electron chi connectivity index (χ0n) is 11.0. The maximum atomic E-state index is 8.36. The SMILES string of the molecule is CC(C)N1CCN(c2ccc(N=[N+]=[N-])cc2)CC1. The fourth-order valence-electron chi connectivity index (χ4n) is 2.28. The lowest BCUT2D eigenvalue weighted by Gasteiger charge is -2.38. The van der Waals surface area contributed by atoms with Gasteiger partial charge in [-0.1, -0.05) is 17.2 Å². The molecule has 0 N–H and O–H groups in total. The van der Waals surface area contributed by atoms with Crippen LogP contribution in [0.3, 0.4) is 0 Å². The maximum absolute atomic E-state index is 8.36. The Bertz CT molecular complexity index is 425. The van der Waals surface area contributed by atoms with Crippen molar-refractivity contribution in [3.8, 4) is 0 Å². The third-order valence-corrected chi connectivity index (χ3v) is 3.42. The summed E-state index contributed by atoms with van der Waals surface area (Å²) < 4.78 is 0. The van der Waals surface area contributed by atoms with E-state index in [1.165, 1.54) is 5.69 Å². The van der Waals surface area contributed by atoms with Gasteiger partial charge in [0.1, 0.15) is 0 Å². The van der Waals surface area contributed by atoms with Crippen LogP contribution in [0.2, 0.25) is 0 Å². The average Bonchev–Trinajstić information content (AvgIpc) is 2.40. The van der Waals surface area contributed by atoms with Gasteiger partial charge in [0.2, 0.25) is 0 Å². The second-order valence-corrected chi connectivity index (χ2v) is 4.82. The van der Waals surface area contributed by atoms with Crippen molar-refractivity contribution in [1.29, 1.82) is 0 Å². The van der Waals surface area contributed by atoms with Gasteiger partial charge in [0, 0.05) is 48.5 Å². The van der Waals surface area contributed by atoms with E-state index in [-0.39, 0.29) is 0 Å². The number of rotatable bonds is 3. The molecular formula is C13H19N5. The fourth-order valence-corrected chi connectivity index (χ4v) is 2.28. The number of benzene rings is 1. The van der Waals surface area contributed by atoms with Crippen LogP contribution < -0.4 is 4.90 Å². The molecule has 0 atom stereocenters. The minimum atomic E-state index is 0.625. The summed E-state index contributed by atoms with van der Waals surface area (Å²) in [6.07, 6.45) is 0. The second-order valence-electron chi connectivity index (χ2n) is 4.82. The molecule has 1 aromatic carbocycles. The standard InChI is InChI=1S/C13H19N5/c1-11(2)17-7-9-18(10-8-17)13-5-3-12(4-6-13)15-16-14/h3-6,11H,7-10H2,1-2H3. The molecule has 1 fully saturated rings. The third-order valence-electron chi connectivity index (χ3n) is 3.42. The molecule has 0 aromatic heterocycles. The van der Waals surface area contributed by atoms with Gasteiger partial charge < -0.3 is 4.90 Å². The molecular weight excluding hydrogens is 226 g/mol. The van der Waals surface area contributed by atoms with Gasteiger partial charge in [-0.05, 0) is 31.5 Å². The molecule has 0 amide bonds. The summed E-state index contributed by atoms with van der Waals surface area (Å²) in [5, 5.41) is 3.58. The van der Waals surface area contributed by atoms with Crippen LogP contribution in [-0.2, 0) is 0 Å². The first kappa shape index (κ1) is 12.7. The van der Waals surface area contributed by atoms with Crippen LogP contribution in [0.5, 0.6) is 0 Å². The second kappa shape index (κ2) is 5.76. The van der Waals surface area contributed by atoms with Crippen molar-refractivity contribution in [3.05, 3.63) is 34.7 Å². The van der Waals surface area contributed by atoms with E-state index in [0.717, 1.165) is 26.2 Å². The largest absolute Gasteiger partial charge is 0.369 e. The van der Waals surface area contributed by atoms with E-state index < -0.39 is 0 Å². The topological polar surface area (TPSA) is 55.2 Å². The van der Waals surface area contributed by atoms with Gasteiger partial charge in [-0.2, -0.15) is 0 Å². The predicted molar refractivity (Wildman–Crippen MR) is 74.2 cm³/mol. The molecule has 0 saturated carbocycles. The number of anilines is 1. The van der Waals surface area contributed by atoms with Crippen LogP contribution in [-0.4, -0.2) is 37.1 Å². The Morgan fingerprint density at radius 2 is 1.72 bits per heavy atom.